The fourth-order valence-electron chi connectivity index (χ4n) is 1.98. The van der Waals surface area contributed by atoms with Gasteiger partial charge in [-0.25, -0.2) is 0 Å². The highest BCUT2D eigenvalue weighted by Gasteiger charge is 2.33. The molecule has 1 aliphatic heterocycles. The van der Waals surface area contributed by atoms with Gasteiger partial charge in [-0.15, -0.1) is 0 Å². The molecule has 0 aromatic heterocycles. The van der Waals surface area contributed by atoms with E-state index in [4.69, 9.17) is 4.74 Å². The molecule has 2 unspecified atom stereocenters. The molecule has 0 radical (unpaired) electrons. The number of amides is 1. The summed E-state index contributed by atoms with van der Waals surface area (Å²) in [6.45, 7) is 10.6. The van der Waals surface area contributed by atoms with Crippen LogP contribution in [-0.2, 0) is 9.53 Å². The summed E-state index contributed by atoms with van der Waals surface area (Å²) in [6.07, 6.45) is 0.942. The first kappa shape index (κ1) is 15.9. The molecule has 0 saturated carbocycles. The van der Waals surface area contributed by atoms with Crippen LogP contribution in [-0.4, -0.2) is 48.7 Å². The maximum atomic E-state index is 12.3. The van der Waals surface area contributed by atoms with Crippen LogP contribution >= 0.6 is 0 Å². The molecule has 1 heterocycles. The van der Waals surface area contributed by atoms with Crippen LogP contribution in [0.15, 0.2) is 0 Å². The van der Waals surface area contributed by atoms with E-state index >= 15 is 0 Å². The third-order valence-corrected chi connectivity index (χ3v) is 3.95. The summed E-state index contributed by atoms with van der Waals surface area (Å²) >= 11 is 0. The minimum atomic E-state index is -0.812. The quantitative estimate of drug-likeness (QED) is 0.830. The molecule has 2 atom stereocenters. The molecule has 0 aliphatic carbocycles. The van der Waals surface area contributed by atoms with Crippen molar-refractivity contribution in [1.29, 1.82) is 5.26 Å². The van der Waals surface area contributed by atoms with Crippen molar-refractivity contribution in [2.24, 2.45) is 5.92 Å². The maximum absolute atomic E-state index is 12.3. The Labute approximate surface area is 115 Å². The summed E-state index contributed by atoms with van der Waals surface area (Å²) < 4.78 is 5.39. The van der Waals surface area contributed by atoms with E-state index in [1.807, 2.05) is 20.8 Å². The SMILES string of the molecule is CC(C(=O)NC(C)(C#N)C(C)C)N1CCCOCC1. The van der Waals surface area contributed by atoms with Gasteiger partial charge in [0.15, 0.2) is 0 Å². The predicted molar refractivity (Wildman–Crippen MR) is 73.5 cm³/mol. The second kappa shape index (κ2) is 6.88. The first-order valence-corrected chi connectivity index (χ1v) is 6.96. The van der Waals surface area contributed by atoms with E-state index in [1.165, 1.54) is 0 Å². The molecule has 1 saturated heterocycles. The van der Waals surface area contributed by atoms with E-state index < -0.39 is 5.54 Å². The smallest absolute Gasteiger partial charge is 0.238 e. The number of nitrogens with one attached hydrogen (secondary N) is 1. The van der Waals surface area contributed by atoms with Gasteiger partial charge < -0.3 is 10.1 Å². The van der Waals surface area contributed by atoms with Crippen molar-refractivity contribution in [3.8, 4) is 6.07 Å². The van der Waals surface area contributed by atoms with Crippen LogP contribution in [0.1, 0.15) is 34.1 Å². The molecule has 1 fully saturated rings. The van der Waals surface area contributed by atoms with E-state index in [2.05, 4.69) is 16.3 Å². The van der Waals surface area contributed by atoms with Crippen molar-refractivity contribution in [2.45, 2.75) is 45.7 Å². The molecule has 0 bridgehead atoms. The van der Waals surface area contributed by atoms with Crippen LogP contribution in [0.3, 0.4) is 0 Å². The topological polar surface area (TPSA) is 65.4 Å². The van der Waals surface area contributed by atoms with Crippen molar-refractivity contribution in [3.63, 3.8) is 0 Å². The first-order chi connectivity index (χ1) is 8.90. The fourth-order valence-corrected chi connectivity index (χ4v) is 1.98. The van der Waals surface area contributed by atoms with E-state index in [0.29, 0.717) is 6.61 Å². The second-order valence-electron chi connectivity index (χ2n) is 5.64. The summed E-state index contributed by atoms with van der Waals surface area (Å²) in [5, 5.41) is 12.1. The van der Waals surface area contributed by atoms with Gasteiger partial charge in [-0.1, -0.05) is 13.8 Å². The van der Waals surface area contributed by atoms with E-state index in [0.717, 1.165) is 26.1 Å². The van der Waals surface area contributed by atoms with Gasteiger partial charge in [0.05, 0.1) is 18.7 Å². The van der Waals surface area contributed by atoms with Gasteiger partial charge in [0.1, 0.15) is 5.54 Å². The lowest BCUT2D eigenvalue weighted by atomic mass is 9.89. The van der Waals surface area contributed by atoms with Crippen LogP contribution in [0.4, 0.5) is 0 Å². The summed E-state index contributed by atoms with van der Waals surface area (Å²) in [6, 6.07) is 1.98. The van der Waals surface area contributed by atoms with E-state index in [1.54, 1.807) is 6.92 Å². The second-order valence-corrected chi connectivity index (χ2v) is 5.64. The molecule has 1 rings (SSSR count). The van der Waals surface area contributed by atoms with Gasteiger partial charge in [0.25, 0.3) is 0 Å². The maximum Gasteiger partial charge on any atom is 0.238 e. The Morgan fingerprint density at radius 2 is 2.05 bits per heavy atom. The number of nitrogens with zero attached hydrogens (tertiary/aromatic N) is 2. The number of nitriles is 1. The van der Waals surface area contributed by atoms with Crippen molar-refractivity contribution in [1.82, 2.24) is 10.2 Å². The Kier molecular flexibility index (Phi) is 5.77. The molecule has 0 aromatic rings. The van der Waals surface area contributed by atoms with Crippen LogP contribution in [0, 0.1) is 17.2 Å². The number of ether oxygens (including phenoxy) is 1. The number of carbonyl (C=O) groups excluding carboxylic acids is 1. The molecule has 19 heavy (non-hydrogen) atoms. The monoisotopic (exact) mass is 267 g/mol. The highest BCUT2D eigenvalue weighted by molar-refractivity contribution is 5.82. The minimum absolute atomic E-state index is 0.0705. The molecular weight excluding hydrogens is 242 g/mol. The number of rotatable bonds is 4. The zero-order valence-electron chi connectivity index (χ0n) is 12.4. The van der Waals surface area contributed by atoms with Crippen LogP contribution < -0.4 is 5.32 Å². The van der Waals surface area contributed by atoms with Gasteiger partial charge in [0.2, 0.25) is 5.91 Å². The molecule has 108 valence electrons. The highest BCUT2D eigenvalue weighted by atomic mass is 16.5. The Morgan fingerprint density at radius 3 is 2.63 bits per heavy atom. The Bertz CT molecular complexity index is 343. The first-order valence-electron chi connectivity index (χ1n) is 6.96. The van der Waals surface area contributed by atoms with Gasteiger partial charge in [-0.05, 0) is 26.2 Å². The summed E-state index contributed by atoms with van der Waals surface area (Å²) in [5.74, 6) is -0.0132. The summed E-state index contributed by atoms with van der Waals surface area (Å²) in [5.41, 5.74) is -0.812. The average molecular weight is 267 g/mol. The summed E-state index contributed by atoms with van der Waals surface area (Å²) in [7, 11) is 0. The van der Waals surface area contributed by atoms with Crippen molar-refractivity contribution >= 4 is 5.91 Å². The van der Waals surface area contributed by atoms with Gasteiger partial charge >= 0.3 is 0 Å². The summed E-state index contributed by atoms with van der Waals surface area (Å²) in [4.78, 5) is 14.4. The molecule has 1 N–H and O–H groups in total. The lowest BCUT2D eigenvalue weighted by Gasteiger charge is -2.32. The van der Waals surface area contributed by atoms with Gasteiger partial charge in [0, 0.05) is 19.7 Å². The Morgan fingerprint density at radius 1 is 1.37 bits per heavy atom. The molecule has 1 aliphatic rings. The van der Waals surface area contributed by atoms with E-state index in [-0.39, 0.29) is 17.9 Å². The minimum Gasteiger partial charge on any atom is -0.380 e. The lowest BCUT2D eigenvalue weighted by molar-refractivity contribution is -0.127. The van der Waals surface area contributed by atoms with Crippen molar-refractivity contribution in [2.75, 3.05) is 26.3 Å². The third kappa shape index (κ3) is 4.19. The molecule has 1 amide bonds. The van der Waals surface area contributed by atoms with E-state index in [9.17, 15) is 10.1 Å². The zero-order chi connectivity index (χ0) is 14.5. The van der Waals surface area contributed by atoms with Crippen molar-refractivity contribution < 1.29 is 9.53 Å². The van der Waals surface area contributed by atoms with Crippen molar-refractivity contribution in [3.05, 3.63) is 0 Å². The largest absolute Gasteiger partial charge is 0.380 e. The number of hydrogen-bond acceptors (Lipinski definition) is 4. The number of carbonyl (C=O) groups is 1. The zero-order valence-corrected chi connectivity index (χ0v) is 12.4. The highest BCUT2D eigenvalue weighted by Crippen LogP contribution is 2.16. The predicted octanol–water partition coefficient (Wildman–Crippen LogP) is 1.15. The lowest BCUT2D eigenvalue weighted by Crippen LogP contribution is -2.55. The number of hydrogen-bond donors (Lipinski definition) is 1. The Hall–Kier alpha value is -1.12. The van der Waals surface area contributed by atoms with Gasteiger partial charge in [-0.3, -0.25) is 9.69 Å². The molecule has 0 spiro atoms. The van der Waals surface area contributed by atoms with Crippen LogP contribution in [0.2, 0.25) is 0 Å². The fraction of sp³-hybridized carbons (Fsp3) is 0.857. The average Bonchev–Trinajstić information content (AvgIpc) is 2.66. The normalized spacial score (nSPS) is 22.1. The molecule has 0 aromatic carbocycles. The van der Waals surface area contributed by atoms with Crippen LogP contribution in [0.25, 0.3) is 0 Å². The molecule has 5 nitrogen and oxygen atoms in total. The van der Waals surface area contributed by atoms with Crippen LogP contribution in [0.5, 0.6) is 0 Å². The van der Waals surface area contributed by atoms with Gasteiger partial charge in [-0.2, -0.15) is 5.26 Å². The molecule has 5 heteroatoms. The standard InChI is InChI=1S/C14H25N3O2/c1-11(2)14(4,10-15)16-13(18)12(3)17-6-5-8-19-9-7-17/h11-12H,5-9H2,1-4H3,(H,16,18). The Balaban J connectivity index is 2.64. The molecular formula is C14H25N3O2. The third-order valence-electron chi connectivity index (χ3n) is 3.95.